The van der Waals surface area contributed by atoms with E-state index in [9.17, 15) is 10.1 Å². The molecular weight excluding hydrogens is 318 g/mol. The zero-order chi connectivity index (χ0) is 17.8. The van der Waals surface area contributed by atoms with Crippen LogP contribution in [-0.2, 0) is 0 Å². The molecule has 0 bridgehead atoms. The molecule has 0 heterocycles. The highest BCUT2D eigenvalue weighted by Gasteiger charge is 2.17. The third kappa shape index (κ3) is 3.45. The van der Waals surface area contributed by atoms with E-state index >= 15 is 0 Å². The first kappa shape index (κ1) is 16.1. The second kappa shape index (κ2) is 6.79. The van der Waals surface area contributed by atoms with Gasteiger partial charge in [-0.15, -0.1) is 0 Å². The van der Waals surface area contributed by atoms with Crippen LogP contribution in [0.1, 0.15) is 0 Å². The Morgan fingerprint density at radius 3 is 1.68 bits per heavy atom. The van der Waals surface area contributed by atoms with E-state index in [1.165, 1.54) is 12.1 Å². The van der Waals surface area contributed by atoms with Gasteiger partial charge >= 0.3 is 0 Å². The molecule has 0 unspecified atom stereocenters. The molecule has 0 spiro atoms. The fourth-order valence-electron chi connectivity index (χ4n) is 2.45. The molecule has 3 aromatic rings. The van der Waals surface area contributed by atoms with Crippen LogP contribution in [0.4, 0.5) is 34.1 Å². The fourth-order valence-corrected chi connectivity index (χ4v) is 2.45. The molecule has 3 aromatic carbocycles. The Morgan fingerprint density at radius 1 is 0.840 bits per heavy atom. The van der Waals surface area contributed by atoms with E-state index in [0.717, 1.165) is 11.4 Å². The Kier molecular flexibility index (Phi) is 4.38. The molecule has 0 aliphatic heterocycles. The van der Waals surface area contributed by atoms with Crippen LogP contribution < -0.4 is 21.9 Å². The van der Waals surface area contributed by atoms with E-state index < -0.39 is 4.92 Å². The lowest BCUT2D eigenvalue weighted by molar-refractivity contribution is -0.384. The predicted molar refractivity (Wildman–Crippen MR) is 101 cm³/mol. The van der Waals surface area contributed by atoms with Gasteiger partial charge in [-0.25, -0.2) is 0 Å². The van der Waals surface area contributed by atoms with Crippen LogP contribution in [-0.4, -0.2) is 4.92 Å². The van der Waals surface area contributed by atoms with Gasteiger partial charge in [0.1, 0.15) is 5.69 Å². The topological polar surface area (TPSA) is 110 Å². The van der Waals surface area contributed by atoms with Crippen LogP contribution in [0.2, 0.25) is 0 Å². The van der Waals surface area contributed by atoms with Crippen molar-refractivity contribution in [2.45, 2.75) is 0 Å². The second-order valence-corrected chi connectivity index (χ2v) is 5.37. The number of rotatable bonds is 5. The van der Waals surface area contributed by atoms with Crippen molar-refractivity contribution in [1.82, 2.24) is 0 Å². The number of para-hydroxylation sites is 2. The van der Waals surface area contributed by atoms with Gasteiger partial charge in [-0.2, -0.15) is 0 Å². The SMILES string of the molecule is Nc1cc([N+](=O)[O-])cc(N)c1NN(c1ccccc1)c1ccccc1. The number of nitrogens with zero attached hydrogens (tertiary/aromatic N) is 2. The van der Waals surface area contributed by atoms with Gasteiger partial charge < -0.3 is 11.5 Å². The van der Waals surface area contributed by atoms with Gasteiger partial charge in [0.2, 0.25) is 0 Å². The summed E-state index contributed by atoms with van der Waals surface area (Å²) in [6.07, 6.45) is 0. The maximum absolute atomic E-state index is 10.9. The zero-order valence-corrected chi connectivity index (χ0v) is 13.3. The minimum Gasteiger partial charge on any atom is -0.397 e. The number of nitrogens with two attached hydrogens (primary N) is 2. The van der Waals surface area contributed by atoms with E-state index in [4.69, 9.17) is 11.5 Å². The van der Waals surface area contributed by atoms with E-state index in [-0.39, 0.29) is 17.1 Å². The molecule has 0 amide bonds. The summed E-state index contributed by atoms with van der Waals surface area (Å²) in [7, 11) is 0. The first-order valence-electron chi connectivity index (χ1n) is 7.56. The Balaban J connectivity index is 2.04. The number of hydrogen-bond donors (Lipinski definition) is 3. The smallest absolute Gasteiger partial charge is 0.273 e. The molecular formula is C18H17N5O2. The van der Waals surface area contributed by atoms with Crippen LogP contribution in [0, 0.1) is 10.1 Å². The van der Waals surface area contributed by atoms with Crippen LogP contribution in [0.5, 0.6) is 0 Å². The lowest BCUT2D eigenvalue weighted by Crippen LogP contribution is -2.25. The standard InChI is InChI=1S/C18H17N5O2/c19-16-11-15(23(24)25)12-17(20)18(16)21-22(13-7-3-1-4-8-13)14-9-5-2-6-10-14/h1-12,21H,19-20H2. The van der Waals surface area contributed by atoms with Gasteiger partial charge in [-0.3, -0.25) is 20.5 Å². The Labute approximate surface area is 144 Å². The van der Waals surface area contributed by atoms with Gasteiger partial charge in [0, 0.05) is 12.1 Å². The summed E-state index contributed by atoms with van der Waals surface area (Å²) in [5.41, 5.74) is 17.6. The molecule has 126 valence electrons. The summed E-state index contributed by atoms with van der Waals surface area (Å²) < 4.78 is 0. The molecule has 5 N–H and O–H groups in total. The van der Waals surface area contributed by atoms with E-state index in [1.54, 1.807) is 0 Å². The number of nitro groups is 1. The zero-order valence-electron chi connectivity index (χ0n) is 13.3. The molecule has 3 rings (SSSR count). The number of non-ortho nitro benzene ring substituents is 1. The fraction of sp³-hybridized carbons (Fsp3) is 0. The molecule has 0 saturated heterocycles. The summed E-state index contributed by atoms with van der Waals surface area (Å²) in [6, 6.07) is 21.8. The van der Waals surface area contributed by atoms with Crippen LogP contribution in [0.3, 0.4) is 0 Å². The number of hydrazine groups is 1. The average Bonchev–Trinajstić information content (AvgIpc) is 2.62. The van der Waals surface area contributed by atoms with Crippen LogP contribution in [0.25, 0.3) is 0 Å². The maximum Gasteiger partial charge on any atom is 0.273 e. The van der Waals surface area contributed by atoms with Crippen molar-refractivity contribution in [3.63, 3.8) is 0 Å². The van der Waals surface area contributed by atoms with Gasteiger partial charge in [-0.1, -0.05) is 36.4 Å². The van der Waals surface area contributed by atoms with E-state index in [2.05, 4.69) is 5.43 Å². The number of benzene rings is 3. The molecule has 25 heavy (non-hydrogen) atoms. The molecule has 0 aliphatic rings. The van der Waals surface area contributed by atoms with Crippen molar-refractivity contribution < 1.29 is 4.92 Å². The number of nitrogen functional groups attached to an aromatic ring is 2. The van der Waals surface area contributed by atoms with Crippen LogP contribution >= 0.6 is 0 Å². The molecule has 0 radical (unpaired) electrons. The number of nitro benzene ring substituents is 1. The summed E-state index contributed by atoms with van der Waals surface area (Å²) in [4.78, 5) is 10.4. The Hall–Kier alpha value is -3.74. The first-order valence-corrected chi connectivity index (χ1v) is 7.56. The third-order valence-corrected chi connectivity index (χ3v) is 3.65. The Bertz CT molecular complexity index is 822. The second-order valence-electron chi connectivity index (χ2n) is 5.37. The molecule has 0 saturated carbocycles. The minimum atomic E-state index is -0.525. The van der Waals surface area contributed by atoms with Crippen molar-refractivity contribution >= 4 is 34.1 Å². The highest BCUT2D eigenvalue weighted by molar-refractivity contribution is 5.85. The Morgan fingerprint density at radius 2 is 1.28 bits per heavy atom. The van der Waals surface area contributed by atoms with Crippen molar-refractivity contribution in [3.05, 3.63) is 82.9 Å². The van der Waals surface area contributed by atoms with Gasteiger partial charge in [0.05, 0.1) is 27.7 Å². The van der Waals surface area contributed by atoms with Crippen molar-refractivity contribution in [2.75, 3.05) is 21.9 Å². The number of hydrogen-bond acceptors (Lipinski definition) is 6. The summed E-state index contributed by atoms with van der Waals surface area (Å²) in [5, 5.41) is 12.8. The average molecular weight is 335 g/mol. The van der Waals surface area contributed by atoms with Crippen molar-refractivity contribution in [2.24, 2.45) is 0 Å². The summed E-state index contributed by atoms with van der Waals surface area (Å²) in [6.45, 7) is 0. The highest BCUT2D eigenvalue weighted by atomic mass is 16.6. The molecule has 0 fully saturated rings. The number of anilines is 5. The minimum absolute atomic E-state index is 0.147. The maximum atomic E-state index is 10.9. The van der Waals surface area contributed by atoms with Crippen molar-refractivity contribution in [3.8, 4) is 0 Å². The largest absolute Gasteiger partial charge is 0.397 e. The first-order chi connectivity index (χ1) is 12.1. The predicted octanol–water partition coefficient (Wildman–Crippen LogP) is 3.92. The number of nitrogens with one attached hydrogen (secondary N) is 1. The van der Waals surface area contributed by atoms with Gasteiger partial charge in [0.15, 0.2) is 0 Å². The molecule has 7 heteroatoms. The molecule has 0 atom stereocenters. The highest BCUT2D eigenvalue weighted by Crippen LogP contribution is 2.34. The lowest BCUT2D eigenvalue weighted by Gasteiger charge is -2.28. The van der Waals surface area contributed by atoms with E-state index in [1.807, 2.05) is 65.7 Å². The normalized spacial score (nSPS) is 10.2. The summed E-state index contributed by atoms with van der Waals surface area (Å²) >= 11 is 0. The quantitative estimate of drug-likeness (QED) is 0.370. The third-order valence-electron chi connectivity index (χ3n) is 3.65. The summed E-state index contributed by atoms with van der Waals surface area (Å²) in [5.74, 6) is 0. The van der Waals surface area contributed by atoms with Gasteiger partial charge in [-0.05, 0) is 24.3 Å². The molecule has 0 aliphatic carbocycles. The molecule has 7 nitrogen and oxygen atoms in total. The van der Waals surface area contributed by atoms with Crippen LogP contribution in [0.15, 0.2) is 72.8 Å². The van der Waals surface area contributed by atoms with Gasteiger partial charge in [0.25, 0.3) is 5.69 Å². The lowest BCUT2D eigenvalue weighted by atomic mass is 10.2. The van der Waals surface area contributed by atoms with E-state index in [0.29, 0.717) is 5.69 Å². The molecule has 0 aromatic heterocycles. The van der Waals surface area contributed by atoms with Crippen molar-refractivity contribution in [1.29, 1.82) is 0 Å². The monoisotopic (exact) mass is 335 g/mol.